The predicted octanol–water partition coefficient (Wildman–Crippen LogP) is 9.83. The van der Waals surface area contributed by atoms with Crippen molar-refractivity contribution < 1.29 is 32.9 Å². The van der Waals surface area contributed by atoms with Gasteiger partial charge < -0.3 is 28.8 Å². The lowest BCUT2D eigenvalue weighted by Crippen LogP contribution is -2.45. The SMILES string of the molecule is CC/C=C\C/C=C\C/C=C\C/C=C\CCCCCCCCC(=O)NC(COP(=O)([O-])OCC[N+](C)(C)C)C(O)/C=C/CC/C=C/CCCCCC. The summed E-state index contributed by atoms with van der Waals surface area (Å²) in [6.45, 7) is 4.42. The first-order chi connectivity index (χ1) is 24.5. The molecule has 0 bridgehead atoms. The summed E-state index contributed by atoms with van der Waals surface area (Å²) in [7, 11) is 1.21. The van der Waals surface area contributed by atoms with Crippen molar-refractivity contribution in [1.29, 1.82) is 0 Å². The average Bonchev–Trinajstić information content (AvgIpc) is 3.07. The molecule has 1 amide bonds. The number of quaternary nitrogens is 1. The molecule has 51 heavy (non-hydrogen) atoms. The molecule has 0 saturated carbocycles. The molecule has 9 heteroatoms. The second-order valence-electron chi connectivity index (χ2n) is 14.2. The molecule has 8 nitrogen and oxygen atoms in total. The van der Waals surface area contributed by atoms with Crippen molar-refractivity contribution in [3.8, 4) is 0 Å². The van der Waals surface area contributed by atoms with Gasteiger partial charge in [0.1, 0.15) is 13.2 Å². The Morgan fingerprint density at radius 2 is 1.22 bits per heavy atom. The van der Waals surface area contributed by atoms with Crippen LogP contribution in [0, 0.1) is 0 Å². The van der Waals surface area contributed by atoms with Crippen LogP contribution in [0.4, 0.5) is 0 Å². The molecule has 0 fully saturated rings. The van der Waals surface area contributed by atoms with Gasteiger partial charge in [-0.05, 0) is 70.6 Å². The number of phosphoric acid groups is 1. The van der Waals surface area contributed by atoms with E-state index in [2.05, 4.69) is 79.9 Å². The lowest BCUT2D eigenvalue weighted by Gasteiger charge is -2.29. The van der Waals surface area contributed by atoms with Crippen LogP contribution in [0.3, 0.4) is 0 Å². The number of likely N-dealkylation sites (N-methyl/N-ethyl adjacent to an activating group) is 1. The van der Waals surface area contributed by atoms with Crippen molar-refractivity contribution in [3.05, 3.63) is 72.9 Å². The molecule has 0 aromatic rings. The third kappa shape index (κ3) is 36.1. The van der Waals surface area contributed by atoms with Crippen LogP contribution in [0.15, 0.2) is 72.9 Å². The van der Waals surface area contributed by atoms with Crippen molar-refractivity contribution in [2.45, 2.75) is 148 Å². The number of allylic oxidation sites excluding steroid dienone is 11. The quantitative estimate of drug-likeness (QED) is 0.0295. The third-order valence-electron chi connectivity index (χ3n) is 8.15. The lowest BCUT2D eigenvalue weighted by atomic mass is 10.1. The Balaban J connectivity index is 4.50. The fourth-order valence-corrected chi connectivity index (χ4v) is 5.70. The number of hydrogen-bond acceptors (Lipinski definition) is 6. The highest BCUT2D eigenvalue weighted by Gasteiger charge is 2.23. The number of carbonyl (C=O) groups is 1. The van der Waals surface area contributed by atoms with Crippen molar-refractivity contribution in [1.82, 2.24) is 5.32 Å². The number of aliphatic hydroxyl groups is 1. The minimum atomic E-state index is -4.59. The van der Waals surface area contributed by atoms with Gasteiger partial charge in [-0.25, -0.2) is 0 Å². The molecular weight excluding hydrogens is 659 g/mol. The average molecular weight is 735 g/mol. The largest absolute Gasteiger partial charge is 0.756 e. The highest BCUT2D eigenvalue weighted by atomic mass is 31.2. The second-order valence-corrected chi connectivity index (χ2v) is 15.7. The molecule has 0 saturated heterocycles. The smallest absolute Gasteiger partial charge is 0.268 e. The topological polar surface area (TPSA) is 108 Å². The van der Waals surface area contributed by atoms with Gasteiger partial charge >= 0.3 is 0 Å². The van der Waals surface area contributed by atoms with Crippen LogP contribution in [-0.2, 0) is 18.4 Å². The van der Waals surface area contributed by atoms with E-state index in [1.807, 2.05) is 27.2 Å². The first-order valence-electron chi connectivity index (χ1n) is 19.8. The van der Waals surface area contributed by atoms with Gasteiger partial charge in [-0.2, -0.15) is 0 Å². The van der Waals surface area contributed by atoms with Gasteiger partial charge in [0.25, 0.3) is 7.82 Å². The van der Waals surface area contributed by atoms with E-state index in [-0.39, 0.29) is 12.5 Å². The first-order valence-corrected chi connectivity index (χ1v) is 21.3. The van der Waals surface area contributed by atoms with Crippen LogP contribution in [0.1, 0.15) is 136 Å². The van der Waals surface area contributed by atoms with Crippen LogP contribution in [0.2, 0.25) is 0 Å². The monoisotopic (exact) mass is 735 g/mol. The van der Waals surface area contributed by atoms with Crippen molar-refractivity contribution in [2.75, 3.05) is 40.9 Å². The number of amides is 1. The molecule has 0 aliphatic rings. The van der Waals surface area contributed by atoms with Crippen molar-refractivity contribution in [3.63, 3.8) is 0 Å². The number of rotatable bonds is 34. The number of aliphatic hydroxyl groups excluding tert-OH is 1. The molecule has 0 aliphatic heterocycles. The van der Waals surface area contributed by atoms with Gasteiger partial charge in [0.15, 0.2) is 0 Å². The molecule has 0 rings (SSSR count). The minimum absolute atomic E-state index is 0.0136. The van der Waals surface area contributed by atoms with E-state index in [9.17, 15) is 19.4 Å². The molecule has 2 N–H and O–H groups in total. The number of phosphoric ester groups is 1. The molecule has 0 heterocycles. The fraction of sp³-hybridized carbons (Fsp3) is 0.690. The molecule has 0 aliphatic carbocycles. The Bertz CT molecular complexity index is 1060. The van der Waals surface area contributed by atoms with Crippen molar-refractivity contribution >= 4 is 13.7 Å². The summed E-state index contributed by atoms with van der Waals surface area (Å²) in [6, 6.07) is -0.912. The minimum Gasteiger partial charge on any atom is -0.756 e. The van der Waals surface area contributed by atoms with Gasteiger partial charge in [0.2, 0.25) is 5.91 Å². The van der Waals surface area contributed by atoms with E-state index in [1.54, 1.807) is 6.08 Å². The van der Waals surface area contributed by atoms with E-state index in [1.165, 1.54) is 38.5 Å². The van der Waals surface area contributed by atoms with E-state index >= 15 is 0 Å². The predicted molar refractivity (Wildman–Crippen MR) is 214 cm³/mol. The summed E-state index contributed by atoms with van der Waals surface area (Å²) in [6.07, 6.45) is 43.8. The van der Waals surface area contributed by atoms with Crippen molar-refractivity contribution in [2.24, 2.45) is 0 Å². The highest BCUT2D eigenvalue weighted by Crippen LogP contribution is 2.38. The Morgan fingerprint density at radius 1 is 0.706 bits per heavy atom. The summed E-state index contributed by atoms with van der Waals surface area (Å²) in [5, 5.41) is 13.6. The molecule has 0 spiro atoms. The van der Waals surface area contributed by atoms with Gasteiger partial charge in [-0.15, -0.1) is 0 Å². The van der Waals surface area contributed by atoms with E-state index in [0.717, 1.165) is 77.0 Å². The van der Waals surface area contributed by atoms with Gasteiger partial charge in [-0.3, -0.25) is 9.36 Å². The van der Waals surface area contributed by atoms with E-state index in [4.69, 9.17) is 9.05 Å². The Labute approximate surface area is 313 Å². The number of carbonyl (C=O) groups excluding carboxylic acids is 1. The maximum absolute atomic E-state index is 12.8. The van der Waals surface area contributed by atoms with Crippen LogP contribution in [0.25, 0.3) is 0 Å². The molecule has 0 aromatic heterocycles. The Morgan fingerprint density at radius 3 is 1.82 bits per heavy atom. The molecule has 0 aromatic carbocycles. The van der Waals surface area contributed by atoms with Gasteiger partial charge in [0.05, 0.1) is 39.9 Å². The maximum Gasteiger partial charge on any atom is 0.268 e. The van der Waals surface area contributed by atoms with E-state index in [0.29, 0.717) is 17.4 Å². The highest BCUT2D eigenvalue weighted by molar-refractivity contribution is 7.45. The van der Waals surface area contributed by atoms with Crippen LogP contribution < -0.4 is 10.2 Å². The summed E-state index contributed by atoms with van der Waals surface area (Å²) >= 11 is 0. The Kier molecular flexibility index (Phi) is 32.4. The normalized spacial score (nSPS) is 15.4. The lowest BCUT2D eigenvalue weighted by molar-refractivity contribution is -0.870. The number of nitrogens with zero attached hydrogens (tertiary/aromatic N) is 1. The van der Waals surface area contributed by atoms with Gasteiger partial charge in [0, 0.05) is 6.42 Å². The summed E-state index contributed by atoms with van der Waals surface area (Å²) in [4.78, 5) is 25.2. The number of unbranched alkanes of at least 4 members (excludes halogenated alkanes) is 11. The van der Waals surface area contributed by atoms with Gasteiger partial charge in [-0.1, -0.05) is 132 Å². The molecule has 0 radical (unpaired) electrons. The van der Waals surface area contributed by atoms with Crippen LogP contribution in [-0.4, -0.2) is 68.5 Å². The fourth-order valence-electron chi connectivity index (χ4n) is 4.98. The molecule has 3 atom stereocenters. The summed E-state index contributed by atoms with van der Waals surface area (Å²) < 4.78 is 23.0. The zero-order chi connectivity index (χ0) is 37.9. The molecular formula is C42H75N2O6P. The molecule has 3 unspecified atom stereocenters. The zero-order valence-corrected chi connectivity index (χ0v) is 33.9. The van der Waals surface area contributed by atoms with E-state index < -0.39 is 26.6 Å². The standard InChI is InChI=1S/C42H75N2O6P/c1-6-8-10-12-14-16-18-19-20-21-22-23-24-25-26-28-30-32-34-36-42(46)43-40(39-50-51(47,48)49-38-37-44(3,4)5)41(45)35-33-31-29-27-17-15-13-11-9-7-2/h8,10,14,16-17,19-20,22-23,27,33,35,40-41,45H,6-7,9,11-13,15,18,21,24-26,28-32,34,36-39H2,1-5H3,(H-,43,46,47,48)/b10-8-,16-14-,20-19-,23-22-,27-17+,35-33+. The second kappa shape index (κ2) is 33.8. The first kappa shape index (κ1) is 48.9. The summed E-state index contributed by atoms with van der Waals surface area (Å²) in [5.74, 6) is -0.229. The Hall–Kier alpha value is -2.06. The number of hydrogen-bond donors (Lipinski definition) is 2. The summed E-state index contributed by atoms with van der Waals surface area (Å²) in [5.41, 5.74) is 0. The van der Waals surface area contributed by atoms with Crippen LogP contribution >= 0.6 is 7.82 Å². The maximum atomic E-state index is 12.8. The number of nitrogens with one attached hydrogen (secondary N) is 1. The third-order valence-corrected chi connectivity index (χ3v) is 9.11. The zero-order valence-electron chi connectivity index (χ0n) is 33.0. The van der Waals surface area contributed by atoms with Crippen LogP contribution in [0.5, 0.6) is 0 Å². The molecule has 294 valence electrons.